The van der Waals surface area contributed by atoms with Gasteiger partial charge in [-0.05, 0) is 31.2 Å². The number of halogens is 5. The van der Waals surface area contributed by atoms with E-state index >= 15 is 0 Å². The van der Waals surface area contributed by atoms with E-state index in [1.54, 1.807) is 0 Å². The molecule has 2 N–H and O–H groups in total. The number of likely N-dealkylation sites (N-methyl/N-ethyl adjacent to an activating group) is 1. The Labute approximate surface area is 166 Å². The summed E-state index contributed by atoms with van der Waals surface area (Å²) in [6.07, 6.45) is -4.78. The molecule has 0 saturated carbocycles. The molecule has 0 saturated heterocycles. The average Bonchev–Trinajstić information content (AvgIpc) is 2.61. The second-order valence-electron chi connectivity index (χ2n) is 6.36. The number of amides is 2. The van der Waals surface area contributed by atoms with E-state index in [1.165, 1.54) is 32.2 Å². The number of hydrogen-bond acceptors (Lipinski definition) is 4. The van der Waals surface area contributed by atoms with Gasteiger partial charge in [-0.3, -0.25) is 9.59 Å². The number of carbonyl (C=O) groups excluding carboxylic acids is 2. The fourth-order valence-electron chi connectivity index (χ4n) is 2.70. The maximum Gasteiger partial charge on any atom is 0.416 e. The van der Waals surface area contributed by atoms with Crippen LogP contribution in [0.3, 0.4) is 0 Å². The molecular weight excluding hydrogens is 420 g/mol. The van der Waals surface area contributed by atoms with Gasteiger partial charge in [-0.15, -0.1) is 0 Å². The van der Waals surface area contributed by atoms with Crippen LogP contribution in [0.1, 0.15) is 12.5 Å². The molecule has 154 valence electrons. The minimum absolute atomic E-state index is 0.0225. The Morgan fingerprint density at radius 3 is 2.48 bits per heavy atom. The van der Waals surface area contributed by atoms with Gasteiger partial charge in [-0.25, -0.2) is 4.39 Å². The second kappa shape index (κ2) is 6.80. The summed E-state index contributed by atoms with van der Waals surface area (Å²) in [4.78, 5) is 25.2. The van der Waals surface area contributed by atoms with Gasteiger partial charge >= 0.3 is 6.18 Å². The van der Waals surface area contributed by atoms with Crippen molar-refractivity contribution in [2.75, 3.05) is 11.9 Å². The van der Waals surface area contributed by atoms with E-state index in [4.69, 9.17) is 26.8 Å². The van der Waals surface area contributed by atoms with Crippen molar-refractivity contribution >= 4 is 29.1 Å². The lowest BCUT2D eigenvalue weighted by atomic mass is 10.0. The van der Waals surface area contributed by atoms with Crippen LogP contribution in [0, 0.1) is 5.82 Å². The van der Waals surface area contributed by atoms with Crippen molar-refractivity contribution < 1.29 is 36.6 Å². The van der Waals surface area contributed by atoms with Crippen LogP contribution in [0.4, 0.5) is 23.2 Å². The van der Waals surface area contributed by atoms with Gasteiger partial charge in [0.05, 0.1) is 16.3 Å². The highest BCUT2D eigenvalue weighted by molar-refractivity contribution is 6.32. The number of fused-ring (bicyclic) bond motifs is 1. The summed E-state index contributed by atoms with van der Waals surface area (Å²) in [6.45, 7) is 1.19. The first-order valence-corrected chi connectivity index (χ1v) is 8.37. The molecule has 3 rings (SSSR count). The Morgan fingerprint density at radius 2 is 1.93 bits per heavy atom. The van der Waals surface area contributed by atoms with Crippen LogP contribution in [0.15, 0.2) is 30.3 Å². The van der Waals surface area contributed by atoms with Crippen molar-refractivity contribution in [1.29, 1.82) is 0 Å². The van der Waals surface area contributed by atoms with Gasteiger partial charge in [0.2, 0.25) is 0 Å². The van der Waals surface area contributed by atoms with E-state index in [0.717, 1.165) is 4.90 Å². The fourth-order valence-corrected chi connectivity index (χ4v) is 2.95. The zero-order valence-corrected chi connectivity index (χ0v) is 15.7. The molecule has 1 aliphatic heterocycles. The summed E-state index contributed by atoms with van der Waals surface area (Å²) in [5.74, 6) is -3.70. The van der Waals surface area contributed by atoms with Gasteiger partial charge in [-0.2, -0.15) is 13.2 Å². The quantitative estimate of drug-likeness (QED) is 0.589. The van der Waals surface area contributed by atoms with Crippen LogP contribution < -0.4 is 20.1 Å². The van der Waals surface area contributed by atoms with E-state index in [2.05, 4.69) is 0 Å². The van der Waals surface area contributed by atoms with E-state index in [-0.39, 0.29) is 23.3 Å². The Balaban J connectivity index is 1.98. The van der Waals surface area contributed by atoms with Crippen molar-refractivity contribution in [3.05, 3.63) is 46.7 Å². The summed E-state index contributed by atoms with van der Waals surface area (Å²) in [5.41, 5.74) is 2.30. The predicted octanol–water partition coefficient (Wildman–Crippen LogP) is 3.89. The van der Waals surface area contributed by atoms with Gasteiger partial charge in [-0.1, -0.05) is 11.6 Å². The highest BCUT2D eigenvalue weighted by Crippen LogP contribution is 2.42. The number of carbonyl (C=O) groups is 2. The van der Waals surface area contributed by atoms with Crippen molar-refractivity contribution in [3.8, 4) is 17.2 Å². The maximum absolute atomic E-state index is 14.2. The Kier molecular flexibility index (Phi) is 4.86. The van der Waals surface area contributed by atoms with Crippen LogP contribution in [0.25, 0.3) is 0 Å². The van der Waals surface area contributed by atoms with Gasteiger partial charge in [0.25, 0.3) is 17.4 Å². The van der Waals surface area contributed by atoms with Crippen LogP contribution in [-0.2, 0) is 15.8 Å². The van der Waals surface area contributed by atoms with E-state index in [9.17, 15) is 27.2 Å². The number of nitrogens with zero attached hydrogens (tertiary/aromatic N) is 1. The molecule has 2 amide bonds. The zero-order valence-electron chi connectivity index (χ0n) is 14.9. The Hall–Kier alpha value is -3.01. The van der Waals surface area contributed by atoms with Crippen molar-refractivity contribution in [2.24, 2.45) is 5.73 Å². The molecule has 11 heteroatoms. The first-order valence-electron chi connectivity index (χ1n) is 8.00. The number of nitrogens with two attached hydrogens (primary N) is 1. The number of rotatable bonds is 3. The molecule has 0 fully saturated rings. The lowest BCUT2D eigenvalue weighted by molar-refractivity contribution is -0.146. The van der Waals surface area contributed by atoms with Gasteiger partial charge in [0.1, 0.15) is 11.5 Å². The van der Waals surface area contributed by atoms with Crippen LogP contribution >= 0.6 is 11.6 Å². The van der Waals surface area contributed by atoms with Crippen LogP contribution in [0.5, 0.6) is 17.2 Å². The molecule has 0 spiro atoms. The summed E-state index contributed by atoms with van der Waals surface area (Å²) >= 11 is 5.75. The van der Waals surface area contributed by atoms with Gasteiger partial charge in [0, 0.05) is 13.1 Å². The van der Waals surface area contributed by atoms with E-state index in [1.807, 2.05) is 0 Å². The Morgan fingerprint density at radius 1 is 1.28 bits per heavy atom. The molecular formula is C18H13ClF4N2O4. The second-order valence-corrected chi connectivity index (χ2v) is 6.77. The molecule has 2 aromatic carbocycles. The third kappa shape index (κ3) is 3.55. The highest BCUT2D eigenvalue weighted by atomic mass is 35.5. The molecule has 0 aliphatic carbocycles. The fraction of sp³-hybridized carbons (Fsp3) is 0.222. The topological polar surface area (TPSA) is 81.9 Å². The minimum atomic E-state index is -4.78. The van der Waals surface area contributed by atoms with Gasteiger partial charge < -0.3 is 20.1 Å². The summed E-state index contributed by atoms with van der Waals surface area (Å²) in [6, 6.07) is 4.73. The molecule has 2 aromatic rings. The average molecular weight is 433 g/mol. The normalized spacial score (nSPS) is 18.9. The van der Waals surface area contributed by atoms with Gasteiger partial charge in [0.15, 0.2) is 11.6 Å². The number of alkyl halides is 3. The largest absolute Gasteiger partial charge is 0.465 e. The summed E-state index contributed by atoms with van der Waals surface area (Å²) in [7, 11) is 1.40. The number of ether oxygens (including phenoxy) is 2. The molecule has 1 aliphatic rings. The molecule has 1 heterocycles. The predicted molar refractivity (Wildman–Crippen MR) is 94.6 cm³/mol. The third-order valence-electron chi connectivity index (χ3n) is 4.34. The number of hydrogen-bond donors (Lipinski definition) is 1. The maximum atomic E-state index is 14.2. The standard InChI is InChI=1S/C18H13ClF4N2O4/c1-17(15(24)26)16(27)25(2)12-4-3-9(7-13(12)29-17)28-14-10(19)5-8(6-11(14)20)18(21,22)23/h3-7H,1-2H3,(H2,24,26). The van der Waals surface area contributed by atoms with Crippen molar-refractivity contribution in [1.82, 2.24) is 0 Å². The summed E-state index contributed by atoms with van der Waals surface area (Å²) < 4.78 is 63.1. The number of primary amides is 1. The van der Waals surface area contributed by atoms with Crippen molar-refractivity contribution in [3.63, 3.8) is 0 Å². The smallest absolute Gasteiger partial charge is 0.416 e. The van der Waals surface area contributed by atoms with Crippen LogP contribution in [-0.4, -0.2) is 24.5 Å². The minimum Gasteiger partial charge on any atom is -0.465 e. The summed E-state index contributed by atoms with van der Waals surface area (Å²) in [5, 5.41) is -0.592. The first-order chi connectivity index (χ1) is 13.3. The molecule has 6 nitrogen and oxygen atoms in total. The lowest BCUT2D eigenvalue weighted by Crippen LogP contribution is -2.60. The molecule has 1 unspecified atom stereocenters. The Bertz CT molecular complexity index is 1000. The molecule has 0 aromatic heterocycles. The number of anilines is 1. The highest BCUT2D eigenvalue weighted by Gasteiger charge is 2.48. The zero-order chi connectivity index (χ0) is 21.7. The SMILES string of the molecule is CN1C(=O)C(C)(C(N)=O)Oc2cc(Oc3c(F)cc(C(F)(F)F)cc3Cl)ccc21. The molecule has 29 heavy (non-hydrogen) atoms. The molecule has 1 atom stereocenters. The van der Waals surface area contributed by atoms with E-state index < -0.39 is 45.7 Å². The van der Waals surface area contributed by atoms with Crippen LogP contribution in [0.2, 0.25) is 5.02 Å². The van der Waals surface area contributed by atoms with Crippen molar-refractivity contribution in [2.45, 2.75) is 18.7 Å². The number of benzene rings is 2. The van der Waals surface area contributed by atoms with E-state index in [0.29, 0.717) is 6.07 Å². The third-order valence-corrected chi connectivity index (χ3v) is 4.62. The first kappa shape index (κ1) is 20.7. The molecule has 0 bridgehead atoms. The monoisotopic (exact) mass is 432 g/mol. The lowest BCUT2D eigenvalue weighted by Gasteiger charge is -2.37. The molecule has 0 radical (unpaired) electrons.